The van der Waals surface area contributed by atoms with Gasteiger partial charge in [-0.2, -0.15) is 4.98 Å². The van der Waals surface area contributed by atoms with Gasteiger partial charge in [0, 0.05) is 18.4 Å². The normalized spacial score (nSPS) is 10.9. The number of ether oxygens (including phenoxy) is 1. The minimum absolute atomic E-state index is 0.242. The van der Waals surface area contributed by atoms with Gasteiger partial charge in [0.1, 0.15) is 10.6 Å². The second kappa shape index (κ2) is 5.75. The molecule has 1 aromatic carbocycles. The molecule has 6 heteroatoms. The maximum atomic E-state index is 5.97. The molecular formula is C14H12ClN3OS. The number of nitrogens with one attached hydrogen (secondary N) is 1. The Hall–Kier alpha value is -1.69. The Morgan fingerprint density at radius 3 is 2.95 bits per heavy atom. The van der Waals surface area contributed by atoms with Crippen LogP contribution >= 0.6 is 22.9 Å². The van der Waals surface area contributed by atoms with Crippen molar-refractivity contribution >= 4 is 44.7 Å². The van der Waals surface area contributed by atoms with E-state index in [0.29, 0.717) is 12.4 Å². The first kappa shape index (κ1) is 13.3. The summed E-state index contributed by atoms with van der Waals surface area (Å²) in [6, 6.07) is 9.93. The third-order valence-electron chi connectivity index (χ3n) is 2.87. The second-order valence-electron chi connectivity index (χ2n) is 4.20. The molecule has 102 valence electrons. The molecule has 0 unspecified atom stereocenters. The predicted molar refractivity (Wildman–Crippen MR) is 82.9 cm³/mol. The van der Waals surface area contributed by atoms with E-state index in [1.54, 1.807) is 18.4 Å². The van der Waals surface area contributed by atoms with E-state index in [9.17, 15) is 0 Å². The monoisotopic (exact) mass is 305 g/mol. The molecule has 2 heterocycles. The summed E-state index contributed by atoms with van der Waals surface area (Å²) in [6.45, 7) is 0.536. The quantitative estimate of drug-likeness (QED) is 0.733. The largest absolute Gasteiger partial charge is 0.380 e. The van der Waals surface area contributed by atoms with E-state index in [2.05, 4.69) is 15.3 Å². The van der Waals surface area contributed by atoms with Gasteiger partial charge < -0.3 is 10.1 Å². The summed E-state index contributed by atoms with van der Waals surface area (Å²) < 4.78 is 5.21. The van der Waals surface area contributed by atoms with Gasteiger partial charge >= 0.3 is 0 Å². The summed E-state index contributed by atoms with van der Waals surface area (Å²) in [7, 11) is 1.68. The van der Waals surface area contributed by atoms with Crippen molar-refractivity contribution in [3.8, 4) is 0 Å². The minimum Gasteiger partial charge on any atom is -0.380 e. The van der Waals surface area contributed by atoms with Crippen molar-refractivity contribution in [2.75, 3.05) is 12.4 Å². The summed E-state index contributed by atoms with van der Waals surface area (Å²) in [6.07, 6.45) is 0. The molecule has 0 bridgehead atoms. The lowest BCUT2D eigenvalue weighted by Gasteiger charge is -2.11. The third-order valence-corrected chi connectivity index (χ3v) is 3.84. The van der Waals surface area contributed by atoms with Crippen molar-refractivity contribution in [1.82, 2.24) is 9.97 Å². The molecule has 0 amide bonds. The van der Waals surface area contributed by atoms with Gasteiger partial charge in [0.15, 0.2) is 0 Å². The van der Waals surface area contributed by atoms with E-state index >= 15 is 0 Å². The van der Waals surface area contributed by atoms with E-state index in [1.165, 1.54) is 0 Å². The maximum Gasteiger partial charge on any atom is 0.225 e. The second-order valence-corrected chi connectivity index (χ2v) is 5.43. The number of aromatic nitrogens is 2. The third kappa shape index (κ3) is 2.60. The number of para-hydroxylation sites is 1. The molecule has 3 rings (SSSR count). The summed E-state index contributed by atoms with van der Waals surface area (Å²) in [5.41, 5.74) is 2.02. The van der Waals surface area contributed by atoms with Crippen molar-refractivity contribution in [1.29, 1.82) is 0 Å². The van der Waals surface area contributed by atoms with E-state index in [4.69, 9.17) is 16.3 Å². The van der Waals surface area contributed by atoms with E-state index < -0.39 is 0 Å². The molecule has 0 aliphatic rings. The Kier molecular flexibility index (Phi) is 3.82. The first-order valence-electron chi connectivity index (χ1n) is 6.02. The molecule has 0 aliphatic carbocycles. The molecule has 0 radical (unpaired) electrons. The number of methoxy groups -OCH3 is 1. The number of hydrogen-bond donors (Lipinski definition) is 1. The van der Waals surface area contributed by atoms with Crippen LogP contribution in [0.2, 0.25) is 5.28 Å². The standard InChI is InChI=1S/C14H12ClN3OS/c1-19-8-9-4-2-3-5-11(9)16-12-10-6-7-20-13(10)18-14(15)17-12/h2-7H,8H2,1H3,(H,16,17,18). The fourth-order valence-electron chi connectivity index (χ4n) is 1.98. The first-order valence-corrected chi connectivity index (χ1v) is 7.28. The Balaban J connectivity index is 2.03. The molecule has 0 fully saturated rings. The average Bonchev–Trinajstić information content (AvgIpc) is 2.89. The minimum atomic E-state index is 0.242. The number of fused-ring (bicyclic) bond motifs is 1. The van der Waals surface area contributed by atoms with Crippen LogP contribution in [-0.2, 0) is 11.3 Å². The number of benzene rings is 1. The zero-order valence-corrected chi connectivity index (χ0v) is 12.3. The van der Waals surface area contributed by atoms with Gasteiger partial charge in [-0.25, -0.2) is 4.98 Å². The first-order chi connectivity index (χ1) is 9.78. The Morgan fingerprint density at radius 2 is 2.10 bits per heavy atom. The highest BCUT2D eigenvalue weighted by Gasteiger charge is 2.09. The molecule has 0 saturated heterocycles. The van der Waals surface area contributed by atoms with E-state index in [1.807, 2.05) is 35.7 Å². The molecule has 20 heavy (non-hydrogen) atoms. The number of anilines is 2. The molecule has 0 atom stereocenters. The zero-order valence-electron chi connectivity index (χ0n) is 10.8. The van der Waals surface area contributed by atoms with Crippen LogP contribution in [0.15, 0.2) is 35.7 Å². The van der Waals surface area contributed by atoms with Crippen LogP contribution in [-0.4, -0.2) is 17.1 Å². The van der Waals surface area contributed by atoms with Crippen molar-refractivity contribution < 1.29 is 4.74 Å². The van der Waals surface area contributed by atoms with Gasteiger partial charge in [-0.05, 0) is 29.1 Å². The van der Waals surface area contributed by atoms with Gasteiger partial charge in [0.2, 0.25) is 5.28 Å². The summed E-state index contributed by atoms with van der Waals surface area (Å²) in [5.74, 6) is 0.713. The van der Waals surface area contributed by atoms with Crippen LogP contribution < -0.4 is 5.32 Å². The number of hydrogen-bond acceptors (Lipinski definition) is 5. The molecule has 2 aromatic heterocycles. The molecule has 4 nitrogen and oxygen atoms in total. The highest BCUT2D eigenvalue weighted by Crippen LogP contribution is 2.29. The Labute approximate surface area is 125 Å². The Morgan fingerprint density at radius 1 is 1.25 bits per heavy atom. The van der Waals surface area contributed by atoms with Gasteiger partial charge in [0.25, 0.3) is 0 Å². The van der Waals surface area contributed by atoms with Crippen molar-refractivity contribution in [3.05, 3.63) is 46.6 Å². The van der Waals surface area contributed by atoms with Gasteiger partial charge in [0.05, 0.1) is 12.0 Å². The summed E-state index contributed by atoms with van der Waals surface area (Å²) in [5, 5.41) is 6.50. The zero-order chi connectivity index (χ0) is 13.9. The van der Waals surface area contributed by atoms with Crippen LogP contribution in [0.1, 0.15) is 5.56 Å². The highest BCUT2D eigenvalue weighted by atomic mass is 35.5. The molecule has 3 aromatic rings. The predicted octanol–water partition coefficient (Wildman–Crippen LogP) is 4.23. The Bertz CT molecular complexity index is 744. The smallest absolute Gasteiger partial charge is 0.225 e. The summed E-state index contributed by atoms with van der Waals surface area (Å²) >= 11 is 7.51. The highest BCUT2D eigenvalue weighted by molar-refractivity contribution is 7.16. The molecule has 0 aliphatic heterocycles. The molecule has 0 saturated carbocycles. The lowest BCUT2D eigenvalue weighted by molar-refractivity contribution is 0.185. The fraction of sp³-hybridized carbons (Fsp3) is 0.143. The van der Waals surface area contributed by atoms with Crippen LogP contribution in [0, 0.1) is 0 Å². The molecule has 1 N–H and O–H groups in total. The van der Waals surface area contributed by atoms with Crippen molar-refractivity contribution in [2.45, 2.75) is 6.61 Å². The SMILES string of the molecule is COCc1ccccc1Nc1nc(Cl)nc2sccc12. The van der Waals surface area contributed by atoms with Gasteiger partial charge in [-0.1, -0.05) is 18.2 Å². The summed E-state index contributed by atoms with van der Waals surface area (Å²) in [4.78, 5) is 9.36. The number of rotatable bonds is 4. The van der Waals surface area contributed by atoms with Crippen molar-refractivity contribution in [3.63, 3.8) is 0 Å². The number of halogens is 1. The van der Waals surface area contributed by atoms with Crippen LogP contribution in [0.3, 0.4) is 0 Å². The number of thiophene rings is 1. The van der Waals surface area contributed by atoms with Crippen LogP contribution in [0.25, 0.3) is 10.2 Å². The maximum absolute atomic E-state index is 5.97. The van der Waals surface area contributed by atoms with Crippen molar-refractivity contribution in [2.24, 2.45) is 0 Å². The van der Waals surface area contributed by atoms with E-state index in [0.717, 1.165) is 21.5 Å². The van der Waals surface area contributed by atoms with Crippen LogP contribution in [0.4, 0.5) is 11.5 Å². The lowest BCUT2D eigenvalue weighted by atomic mass is 10.2. The molecule has 0 spiro atoms. The van der Waals surface area contributed by atoms with E-state index in [-0.39, 0.29) is 5.28 Å². The fourth-order valence-corrected chi connectivity index (χ4v) is 2.96. The van der Waals surface area contributed by atoms with Gasteiger partial charge in [-0.15, -0.1) is 11.3 Å². The molecular weight excluding hydrogens is 294 g/mol. The topological polar surface area (TPSA) is 47.0 Å². The van der Waals surface area contributed by atoms with Gasteiger partial charge in [-0.3, -0.25) is 0 Å². The average molecular weight is 306 g/mol. The number of nitrogens with zero attached hydrogens (tertiary/aromatic N) is 2. The lowest BCUT2D eigenvalue weighted by Crippen LogP contribution is -2.00. The van der Waals surface area contributed by atoms with Crippen LogP contribution in [0.5, 0.6) is 0 Å².